The normalized spacial score (nSPS) is 10.7. The van der Waals surface area contributed by atoms with E-state index in [9.17, 15) is 9.90 Å². The standard InChI is InChI=1S/C18H18O4/c1-12-10-13(11-17(21-2)18(12)22-3)8-9-16(20)14-6-4-5-7-15(14)19/h4-11,19H,1-3H3. The van der Waals surface area contributed by atoms with Crippen molar-refractivity contribution in [2.45, 2.75) is 6.92 Å². The highest BCUT2D eigenvalue weighted by Gasteiger charge is 2.09. The molecule has 0 fully saturated rings. The molecular weight excluding hydrogens is 280 g/mol. The first-order valence-electron chi connectivity index (χ1n) is 6.80. The lowest BCUT2D eigenvalue weighted by Gasteiger charge is -2.11. The van der Waals surface area contributed by atoms with Gasteiger partial charge in [0.2, 0.25) is 0 Å². The molecule has 0 amide bonds. The summed E-state index contributed by atoms with van der Waals surface area (Å²) >= 11 is 0. The highest BCUT2D eigenvalue weighted by molar-refractivity contribution is 6.08. The third-order valence-corrected chi connectivity index (χ3v) is 3.28. The molecule has 0 aliphatic rings. The number of allylic oxidation sites excluding steroid dienone is 1. The van der Waals surface area contributed by atoms with Gasteiger partial charge < -0.3 is 14.6 Å². The average molecular weight is 298 g/mol. The number of carbonyl (C=O) groups is 1. The maximum absolute atomic E-state index is 12.1. The highest BCUT2D eigenvalue weighted by atomic mass is 16.5. The van der Waals surface area contributed by atoms with Crippen molar-refractivity contribution in [3.8, 4) is 17.2 Å². The third-order valence-electron chi connectivity index (χ3n) is 3.28. The molecule has 2 rings (SSSR count). The molecule has 0 atom stereocenters. The molecule has 0 radical (unpaired) electrons. The average Bonchev–Trinajstić information content (AvgIpc) is 2.52. The molecule has 0 heterocycles. The summed E-state index contributed by atoms with van der Waals surface area (Å²) < 4.78 is 10.6. The smallest absolute Gasteiger partial charge is 0.189 e. The molecule has 0 spiro atoms. The fraction of sp³-hybridized carbons (Fsp3) is 0.167. The first-order chi connectivity index (χ1) is 10.6. The number of hydrogen-bond acceptors (Lipinski definition) is 4. The van der Waals surface area contributed by atoms with E-state index < -0.39 is 0 Å². The van der Waals surface area contributed by atoms with Crippen molar-refractivity contribution < 1.29 is 19.4 Å². The van der Waals surface area contributed by atoms with Crippen molar-refractivity contribution in [3.63, 3.8) is 0 Å². The lowest BCUT2D eigenvalue weighted by molar-refractivity contribution is 0.104. The first-order valence-corrected chi connectivity index (χ1v) is 6.80. The first kappa shape index (κ1) is 15.6. The van der Waals surface area contributed by atoms with E-state index in [0.29, 0.717) is 11.5 Å². The summed E-state index contributed by atoms with van der Waals surface area (Å²) in [5.74, 6) is 0.995. The second-order valence-electron chi connectivity index (χ2n) is 4.79. The summed E-state index contributed by atoms with van der Waals surface area (Å²) in [7, 11) is 3.15. The Kier molecular flexibility index (Phi) is 4.84. The lowest BCUT2D eigenvalue weighted by atomic mass is 10.1. The minimum absolute atomic E-state index is 0.0272. The van der Waals surface area contributed by atoms with E-state index in [1.807, 2.05) is 13.0 Å². The van der Waals surface area contributed by atoms with Crippen LogP contribution in [0.5, 0.6) is 17.2 Å². The number of benzene rings is 2. The van der Waals surface area contributed by atoms with Gasteiger partial charge in [-0.3, -0.25) is 4.79 Å². The van der Waals surface area contributed by atoms with Gasteiger partial charge in [0.05, 0.1) is 19.8 Å². The van der Waals surface area contributed by atoms with Crippen LogP contribution in [-0.4, -0.2) is 25.1 Å². The van der Waals surface area contributed by atoms with Gasteiger partial charge in [-0.1, -0.05) is 18.2 Å². The number of ketones is 1. The topological polar surface area (TPSA) is 55.8 Å². The monoisotopic (exact) mass is 298 g/mol. The van der Waals surface area contributed by atoms with Crippen LogP contribution in [0.3, 0.4) is 0 Å². The van der Waals surface area contributed by atoms with E-state index >= 15 is 0 Å². The number of aromatic hydroxyl groups is 1. The van der Waals surface area contributed by atoms with E-state index in [4.69, 9.17) is 9.47 Å². The Morgan fingerprint density at radius 2 is 1.86 bits per heavy atom. The van der Waals surface area contributed by atoms with Crippen LogP contribution in [0.25, 0.3) is 6.08 Å². The highest BCUT2D eigenvalue weighted by Crippen LogP contribution is 2.32. The van der Waals surface area contributed by atoms with Crippen LogP contribution in [0.1, 0.15) is 21.5 Å². The number of carbonyl (C=O) groups excluding carboxylic acids is 1. The Morgan fingerprint density at radius 3 is 2.50 bits per heavy atom. The van der Waals surface area contributed by atoms with E-state index in [0.717, 1.165) is 11.1 Å². The Balaban J connectivity index is 2.29. The molecule has 2 aromatic rings. The van der Waals surface area contributed by atoms with Gasteiger partial charge in [-0.15, -0.1) is 0 Å². The molecule has 0 saturated heterocycles. The van der Waals surface area contributed by atoms with Crippen molar-refractivity contribution in [2.75, 3.05) is 14.2 Å². The summed E-state index contributed by atoms with van der Waals surface area (Å²) in [6.45, 7) is 1.91. The minimum atomic E-state index is -0.259. The van der Waals surface area contributed by atoms with Gasteiger partial charge in [0.25, 0.3) is 0 Å². The largest absolute Gasteiger partial charge is 0.507 e. The number of para-hydroxylation sites is 1. The van der Waals surface area contributed by atoms with E-state index in [1.165, 1.54) is 12.1 Å². The van der Waals surface area contributed by atoms with E-state index in [-0.39, 0.29) is 17.1 Å². The minimum Gasteiger partial charge on any atom is -0.507 e. The summed E-state index contributed by atoms with van der Waals surface area (Å²) in [4.78, 5) is 12.1. The fourth-order valence-electron chi connectivity index (χ4n) is 2.22. The fourth-order valence-corrected chi connectivity index (χ4v) is 2.22. The molecule has 0 bridgehead atoms. The number of aryl methyl sites for hydroxylation is 1. The number of methoxy groups -OCH3 is 2. The van der Waals surface area contributed by atoms with Crippen molar-refractivity contribution in [3.05, 3.63) is 59.2 Å². The molecule has 0 aliphatic carbocycles. The number of ether oxygens (including phenoxy) is 2. The second kappa shape index (κ2) is 6.80. The van der Waals surface area contributed by atoms with Crippen LogP contribution in [0.4, 0.5) is 0 Å². The molecule has 0 saturated carbocycles. The van der Waals surface area contributed by atoms with Crippen LogP contribution in [0.15, 0.2) is 42.5 Å². The van der Waals surface area contributed by atoms with Gasteiger partial charge in [-0.25, -0.2) is 0 Å². The molecule has 22 heavy (non-hydrogen) atoms. The van der Waals surface area contributed by atoms with Crippen LogP contribution in [-0.2, 0) is 0 Å². The second-order valence-corrected chi connectivity index (χ2v) is 4.79. The molecule has 0 aromatic heterocycles. The molecular formula is C18H18O4. The van der Waals surface area contributed by atoms with Crippen LogP contribution in [0, 0.1) is 6.92 Å². The van der Waals surface area contributed by atoms with E-state index in [1.54, 1.807) is 44.6 Å². The van der Waals surface area contributed by atoms with Crippen LogP contribution < -0.4 is 9.47 Å². The molecule has 4 heteroatoms. The van der Waals surface area contributed by atoms with Gasteiger partial charge in [0.15, 0.2) is 17.3 Å². The number of phenols is 1. The number of phenolic OH excluding ortho intramolecular Hbond substituents is 1. The van der Waals surface area contributed by atoms with Crippen molar-refractivity contribution in [1.82, 2.24) is 0 Å². The molecule has 2 aromatic carbocycles. The Morgan fingerprint density at radius 1 is 1.14 bits per heavy atom. The van der Waals surface area contributed by atoms with Crippen molar-refractivity contribution in [2.24, 2.45) is 0 Å². The molecule has 0 unspecified atom stereocenters. The summed E-state index contributed by atoms with van der Waals surface area (Å²) in [5.41, 5.74) is 2.01. The maximum Gasteiger partial charge on any atom is 0.189 e. The van der Waals surface area contributed by atoms with Crippen LogP contribution >= 0.6 is 0 Å². The van der Waals surface area contributed by atoms with Gasteiger partial charge >= 0.3 is 0 Å². The van der Waals surface area contributed by atoms with Gasteiger partial charge in [0, 0.05) is 0 Å². The molecule has 0 aliphatic heterocycles. The Hall–Kier alpha value is -2.75. The zero-order chi connectivity index (χ0) is 16.1. The maximum atomic E-state index is 12.1. The summed E-state index contributed by atoms with van der Waals surface area (Å²) in [6.07, 6.45) is 3.11. The van der Waals surface area contributed by atoms with Gasteiger partial charge in [-0.05, 0) is 48.4 Å². The zero-order valence-corrected chi connectivity index (χ0v) is 12.8. The molecule has 1 N–H and O–H groups in total. The van der Waals surface area contributed by atoms with Crippen LogP contribution in [0.2, 0.25) is 0 Å². The number of hydrogen-bond donors (Lipinski definition) is 1. The summed E-state index contributed by atoms with van der Waals surface area (Å²) in [5, 5.41) is 9.68. The molecule has 4 nitrogen and oxygen atoms in total. The van der Waals surface area contributed by atoms with E-state index in [2.05, 4.69) is 0 Å². The molecule has 114 valence electrons. The van der Waals surface area contributed by atoms with Crippen molar-refractivity contribution in [1.29, 1.82) is 0 Å². The third kappa shape index (κ3) is 3.28. The quantitative estimate of drug-likeness (QED) is 0.676. The zero-order valence-electron chi connectivity index (χ0n) is 12.8. The number of rotatable bonds is 5. The van der Waals surface area contributed by atoms with Gasteiger partial charge in [0.1, 0.15) is 5.75 Å². The Bertz CT molecular complexity index is 717. The SMILES string of the molecule is COc1cc(C=CC(=O)c2ccccc2O)cc(C)c1OC. The Labute approximate surface area is 129 Å². The predicted octanol–water partition coefficient (Wildman–Crippen LogP) is 3.61. The summed E-state index contributed by atoms with van der Waals surface area (Å²) in [6, 6.07) is 10.1. The van der Waals surface area contributed by atoms with Gasteiger partial charge in [-0.2, -0.15) is 0 Å². The lowest BCUT2D eigenvalue weighted by Crippen LogP contribution is -1.95. The predicted molar refractivity (Wildman–Crippen MR) is 85.8 cm³/mol. The van der Waals surface area contributed by atoms with Crippen molar-refractivity contribution >= 4 is 11.9 Å².